The Morgan fingerprint density at radius 3 is 2.48 bits per heavy atom. The van der Waals surface area contributed by atoms with Crippen LogP contribution in [0, 0.1) is 6.92 Å². The van der Waals surface area contributed by atoms with Crippen molar-refractivity contribution >= 4 is 10.0 Å². The maximum Gasteiger partial charge on any atom is 0.247 e. The summed E-state index contributed by atoms with van der Waals surface area (Å²) in [6.45, 7) is 6.00. The number of benzene rings is 1. The summed E-state index contributed by atoms with van der Waals surface area (Å²) in [5.41, 5.74) is 1.54. The Bertz CT molecular complexity index is 680. The number of aryl methyl sites for hydroxylation is 1. The fraction of sp³-hybridized carbons (Fsp3) is 0.400. The van der Waals surface area contributed by atoms with Crippen LogP contribution in [0.4, 0.5) is 0 Å². The van der Waals surface area contributed by atoms with Gasteiger partial charge in [0.25, 0.3) is 0 Å². The third kappa shape index (κ3) is 3.33. The van der Waals surface area contributed by atoms with Crippen LogP contribution in [0.2, 0.25) is 0 Å². The summed E-state index contributed by atoms with van der Waals surface area (Å²) in [6.07, 6.45) is 2.13. The predicted octanol–water partition coefficient (Wildman–Crippen LogP) is 2.71. The summed E-state index contributed by atoms with van der Waals surface area (Å²) in [5, 5.41) is 6.53. The van der Waals surface area contributed by atoms with Gasteiger partial charge in [0.1, 0.15) is 4.90 Å². The van der Waals surface area contributed by atoms with E-state index in [0.29, 0.717) is 12.2 Å². The minimum Gasteiger partial charge on any atom is -0.281 e. The molecule has 1 heterocycles. The molecule has 1 N–H and O–H groups in total. The van der Waals surface area contributed by atoms with E-state index in [2.05, 4.69) is 10.2 Å². The highest BCUT2D eigenvalue weighted by Gasteiger charge is 2.30. The van der Waals surface area contributed by atoms with Crippen LogP contribution in [0.25, 0.3) is 0 Å². The van der Waals surface area contributed by atoms with Gasteiger partial charge in [-0.3, -0.25) is 5.10 Å². The zero-order valence-corrected chi connectivity index (χ0v) is 13.4. The molecule has 1 aromatic carbocycles. The molecule has 5 nitrogen and oxygen atoms in total. The molecular weight excluding hydrogens is 286 g/mol. The Kier molecular flexibility index (Phi) is 4.80. The Morgan fingerprint density at radius 1 is 1.29 bits per heavy atom. The molecule has 0 spiro atoms. The first-order valence-corrected chi connectivity index (χ1v) is 8.46. The normalized spacial score (nSPS) is 13.5. The number of aromatic nitrogens is 2. The van der Waals surface area contributed by atoms with E-state index >= 15 is 0 Å². The highest BCUT2D eigenvalue weighted by Crippen LogP contribution is 2.23. The van der Waals surface area contributed by atoms with Crippen LogP contribution in [0.3, 0.4) is 0 Å². The van der Waals surface area contributed by atoms with Crippen molar-refractivity contribution in [3.8, 4) is 0 Å². The lowest BCUT2D eigenvalue weighted by Crippen LogP contribution is -2.37. The van der Waals surface area contributed by atoms with Gasteiger partial charge in [0.05, 0.1) is 11.9 Å². The smallest absolute Gasteiger partial charge is 0.247 e. The van der Waals surface area contributed by atoms with E-state index in [0.717, 1.165) is 12.0 Å². The van der Waals surface area contributed by atoms with Crippen molar-refractivity contribution < 1.29 is 8.42 Å². The van der Waals surface area contributed by atoms with E-state index in [4.69, 9.17) is 0 Å². The second kappa shape index (κ2) is 6.41. The Balaban J connectivity index is 2.39. The highest BCUT2D eigenvalue weighted by atomic mass is 32.2. The van der Waals surface area contributed by atoms with E-state index < -0.39 is 10.0 Å². The number of nitrogens with zero attached hydrogens (tertiary/aromatic N) is 2. The molecule has 0 saturated carbocycles. The van der Waals surface area contributed by atoms with E-state index in [9.17, 15) is 8.42 Å². The molecule has 1 unspecified atom stereocenters. The topological polar surface area (TPSA) is 66.1 Å². The van der Waals surface area contributed by atoms with Crippen LogP contribution < -0.4 is 0 Å². The first-order valence-electron chi connectivity index (χ1n) is 7.02. The lowest BCUT2D eigenvalue weighted by atomic mass is 10.2. The van der Waals surface area contributed by atoms with Crippen LogP contribution in [0.5, 0.6) is 0 Å². The summed E-state index contributed by atoms with van der Waals surface area (Å²) in [5.74, 6) is 0. The zero-order chi connectivity index (χ0) is 15.5. The minimum absolute atomic E-state index is 0.0792. The molecule has 0 amide bonds. The van der Waals surface area contributed by atoms with Gasteiger partial charge in [0.15, 0.2) is 0 Å². The molecule has 114 valence electrons. The van der Waals surface area contributed by atoms with Crippen molar-refractivity contribution in [1.29, 1.82) is 0 Å². The highest BCUT2D eigenvalue weighted by molar-refractivity contribution is 7.89. The second-order valence-electron chi connectivity index (χ2n) is 5.15. The first-order chi connectivity index (χ1) is 9.96. The van der Waals surface area contributed by atoms with Gasteiger partial charge in [-0.25, -0.2) is 8.42 Å². The number of hydrogen-bond donors (Lipinski definition) is 1. The molecule has 0 fully saturated rings. The lowest BCUT2D eigenvalue weighted by molar-refractivity contribution is 0.323. The number of nitrogens with one attached hydrogen (secondary N) is 1. The largest absolute Gasteiger partial charge is 0.281 e. The van der Waals surface area contributed by atoms with Crippen LogP contribution in [-0.2, 0) is 16.6 Å². The first kappa shape index (κ1) is 15.7. The molecule has 0 saturated heterocycles. The molecule has 0 bridgehead atoms. The van der Waals surface area contributed by atoms with E-state index in [-0.39, 0.29) is 10.9 Å². The van der Waals surface area contributed by atoms with Crippen molar-refractivity contribution in [3.63, 3.8) is 0 Å². The van der Waals surface area contributed by atoms with E-state index in [1.54, 1.807) is 11.2 Å². The molecule has 2 rings (SSSR count). The van der Waals surface area contributed by atoms with Gasteiger partial charge in [-0.15, -0.1) is 0 Å². The third-order valence-electron chi connectivity index (χ3n) is 3.63. The van der Waals surface area contributed by atoms with Gasteiger partial charge >= 0.3 is 0 Å². The molecule has 1 aromatic heterocycles. The second-order valence-corrected chi connectivity index (χ2v) is 7.01. The summed E-state index contributed by atoms with van der Waals surface area (Å²) >= 11 is 0. The van der Waals surface area contributed by atoms with Gasteiger partial charge in [-0.2, -0.15) is 9.40 Å². The van der Waals surface area contributed by atoms with E-state index in [1.807, 2.05) is 44.2 Å². The molecule has 6 heteroatoms. The summed E-state index contributed by atoms with van der Waals surface area (Å²) in [4.78, 5) is 0.249. The van der Waals surface area contributed by atoms with Crippen molar-refractivity contribution in [3.05, 3.63) is 47.8 Å². The number of aromatic amines is 1. The van der Waals surface area contributed by atoms with Gasteiger partial charge in [-0.1, -0.05) is 37.3 Å². The molecule has 0 aliphatic carbocycles. The average Bonchev–Trinajstić information content (AvgIpc) is 2.92. The Morgan fingerprint density at radius 2 is 1.95 bits per heavy atom. The fourth-order valence-electron chi connectivity index (χ4n) is 2.17. The summed E-state index contributed by atoms with van der Waals surface area (Å²) < 4.78 is 27.3. The molecule has 0 aliphatic rings. The molecule has 0 aliphatic heterocycles. The fourth-order valence-corrected chi connectivity index (χ4v) is 3.98. The lowest BCUT2D eigenvalue weighted by Gasteiger charge is -2.27. The number of hydrogen-bond acceptors (Lipinski definition) is 3. The Hall–Kier alpha value is -1.66. The predicted molar refractivity (Wildman–Crippen MR) is 82.2 cm³/mol. The molecule has 21 heavy (non-hydrogen) atoms. The molecule has 1 atom stereocenters. The quantitative estimate of drug-likeness (QED) is 0.892. The average molecular weight is 307 g/mol. The SMILES string of the molecule is CCC(C)N(Cc1ccccc1)S(=O)(=O)c1cn[nH]c1C. The summed E-state index contributed by atoms with van der Waals surface area (Å²) in [7, 11) is -3.56. The van der Waals surface area contributed by atoms with Crippen LogP contribution in [-0.4, -0.2) is 29.0 Å². The molecule has 2 aromatic rings. The number of rotatable bonds is 6. The minimum atomic E-state index is -3.56. The van der Waals surface area contributed by atoms with Gasteiger partial charge in [0, 0.05) is 12.6 Å². The van der Waals surface area contributed by atoms with Crippen LogP contribution in [0.15, 0.2) is 41.4 Å². The van der Waals surface area contributed by atoms with Gasteiger partial charge in [-0.05, 0) is 25.8 Å². The third-order valence-corrected chi connectivity index (χ3v) is 5.71. The van der Waals surface area contributed by atoms with Gasteiger partial charge < -0.3 is 0 Å². The molecular formula is C15H21N3O2S. The zero-order valence-electron chi connectivity index (χ0n) is 12.6. The summed E-state index contributed by atoms with van der Waals surface area (Å²) in [6, 6.07) is 9.55. The maximum atomic E-state index is 12.9. The van der Waals surface area contributed by atoms with Crippen molar-refractivity contribution in [2.45, 2.75) is 44.7 Å². The van der Waals surface area contributed by atoms with E-state index in [1.165, 1.54) is 6.20 Å². The number of sulfonamides is 1. The monoisotopic (exact) mass is 307 g/mol. The van der Waals surface area contributed by atoms with Crippen LogP contribution in [0.1, 0.15) is 31.5 Å². The van der Waals surface area contributed by atoms with Crippen molar-refractivity contribution in [2.24, 2.45) is 0 Å². The Labute approximate surface area is 126 Å². The van der Waals surface area contributed by atoms with Crippen LogP contribution >= 0.6 is 0 Å². The maximum absolute atomic E-state index is 12.9. The van der Waals surface area contributed by atoms with Gasteiger partial charge in [0.2, 0.25) is 10.0 Å². The van der Waals surface area contributed by atoms with Crippen molar-refractivity contribution in [1.82, 2.24) is 14.5 Å². The molecule has 0 radical (unpaired) electrons. The standard InChI is InChI=1S/C15H21N3O2S/c1-4-12(2)18(11-14-8-6-5-7-9-14)21(19,20)15-10-16-17-13(15)3/h5-10,12H,4,11H2,1-3H3,(H,16,17). The number of H-pyrrole nitrogens is 1. The van der Waals surface area contributed by atoms with Crippen molar-refractivity contribution in [2.75, 3.05) is 0 Å².